The minimum atomic E-state index is -4.64. The number of carbonyl (C=O) groups is 1. The highest BCUT2D eigenvalue weighted by Gasteiger charge is 2.34. The van der Waals surface area contributed by atoms with Crippen LogP contribution in [0.25, 0.3) is 0 Å². The van der Waals surface area contributed by atoms with Crippen molar-refractivity contribution >= 4 is 15.9 Å². The van der Waals surface area contributed by atoms with Crippen molar-refractivity contribution in [1.82, 2.24) is 9.21 Å². The Labute approximate surface area is 178 Å². The monoisotopic (exact) mass is 454 g/mol. The molecule has 0 radical (unpaired) electrons. The van der Waals surface area contributed by atoms with E-state index >= 15 is 0 Å². The fraction of sp³-hybridized carbons (Fsp3) is 0.286. The van der Waals surface area contributed by atoms with Crippen LogP contribution < -0.4 is 4.74 Å². The number of amides is 1. The van der Waals surface area contributed by atoms with Gasteiger partial charge in [-0.05, 0) is 42.5 Å². The molecule has 1 aliphatic heterocycles. The van der Waals surface area contributed by atoms with Crippen LogP contribution in [0, 0.1) is 0 Å². The highest BCUT2D eigenvalue weighted by atomic mass is 32.2. The summed E-state index contributed by atoms with van der Waals surface area (Å²) in [6.45, 7) is 4.14. The minimum absolute atomic E-state index is 0.00908. The Morgan fingerprint density at radius 1 is 1.06 bits per heavy atom. The number of alkyl halides is 3. The highest BCUT2D eigenvalue weighted by molar-refractivity contribution is 7.89. The molecule has 1 aliphatic rings. The maximum absolute atomic E-state index is 12.9. The molecule has 0 N–H and O–H groups in total. The maximum atomic E-state index is 12.9. The molecule has 31 heavy (non-hydrogen) atoms. The number of piperazine rings is 1. The summed E-state index contributed by atoms with van der Waals surface area (Å²) in [5.41, 5.74) is -0.594. The van der Waals surface area contributed by atoms with E-state index < -0.39 is 26.7 Å². The van der Waals surface area contributed by atoms with Gasteiger partial charge in [-0.3, -0.25) is 4.79 Å². The van der Waals surface area contributed by atoms with E-state index in [0.29, 0.717) is 24.0 Å². The zero-order valence-corrected chi connectivity index (χ0v) is 17.3. The third-order valence-corrected chi connectivity index (χ3v) is 6.69. The summed E-state index contributed by atoms with van der Waals surface area (Å²) in [7, 11) is -4.10. The second kappa shape index (κ2) is 9.11. The van der Waals surface area contributed by atoms with Gasteiger partial charge in [0.05, 0.1) is 10.5 Å². The molecule has 1 amide bonds. The molecule has 3 rings (SSSR count). The summed E-state index contributed by atoms with van der Waals surface area (Å²) in [5, 5.41) is 0. The van der Waals surface area contributed by atoms with Gasteiger partial charge in [0.25, 0.3) is 5.91 Å². The van der Waals surface area contributed by atoms with Crippen LogP contribution in [-0.2, 0) is 16.2 Å². The maximum Gasteiger partial charge on any atom is 0.416 e. The van der Waals surface area contributed by atoms with Gasteiger partial charge in [-0.1, -0.05) is 18.7 Å². The summed E-state index contributed by atoms with van der Waals surface area (Å²) < 4.78 is 70.8. The standard InChI is InChI=1S/C21H21F3N2O4S/c1-2-14-30-18-8-6-16(7-9-18)20(27)25-10-12-26(13-11-25)31(28,29)19-5-3-4-17(15-19)21(22,23)24/h2-9,15H,1,10-14H2. The molecule has 1 heterocycles. The smallest absolute Gasteiger partial charge is 0.416 e. The van der Waals surface area contributed by atoms with Crippen molar-refractivity contribution in [2.24, 2.45) is 0 Å². The zero-order chi connectivity index (χ0) is 22.6. The van der Waals surface area contributed by atoms with Gasteiger partial charge in [-0.25, -0.2) is 8.42 Å². The molecule has 6 nitrogen and oxygen atoms in total. The van der Waals surface area contributed by atoms with Gasteiger partial charge in [0, 0.05) is 31.7 Å². The Morgan fingerprint density at radius 3 is 2.29 bits per heavy atom. The summed E-state index contributed by atoms with van der Waals surface area (Å²) in [5.74, 6) is 0.333. The van der Waals surface area contributed by atoms with Crippen molar-refractivity contribution in [2.75, 3.05) is 32.8 Å². The molecule has 0 unspecified atom stereocenters. The lowest BCUT2D eigenvalue weighted by Crippen LogP contribution is -2.50. The molecule has 1 saturated heterocycles. The van der Waals surface area contributed by atoms with E-state index in [-0.39, 0.29) is 32.1 Å². The Bertz CT molecular complexity index is 1050. The van der Waals surface area contributed by atoms with E-state index in [1.165, 1.54) is 4.90 Å². The van der Waals surface area contributed by atoms with Gasteiger partial charge >= 0.3 is 6.18 Å². The third kappa shape index (κ3) is 5.26. The van der Waals surface area contributed by atoms with E-state index in [1.54, 1.807) is 30.3 Å². The molecule has 166 valence electrons. The second-order valence-electron chi connectivity index (χ2n) is 6.85. The number of halogens is 3. The first kappa shape index (κ1) is 22.8. The SMILES string of the molecule is C=CCOc1ccc(C(=O)N2CCN(S(=O)(=O)c3cccc(C(F)(F)F)c3)CC2)cc1. The summed E-state index contributed by atoms with van der Waals surface area (Å²) in [6.07, 6.45) is -3.03. The highest BCUT2D eigenvalue weighted by Crippen LogP contribution is 2.31. The Balaban J connectivity index is 1.66. The van der Waals surface area contributed by atoms with Crippen LogP contribution in [-0.4, -0.2) is 56.3 Å². The number of ether oxygens (including phenoxy) is 1. The van der Waals surface area contributed by atoms with Gasteiger partial charge in [-0.2, -0.15) is 17.5 Å². The van der Waals surface area contributed by atoms with E-state index in [0.717, 1.165) is 22.5 Å². The van der Waals surface area contributed by atoms with E-state index in [4.69, 9.17) is 4.74 Å². The number of hydrogen-bond donors (Lipinski definition) is 0. The Morgan fingerprint density at radius 2 is 1.71 bits per heavy atom. The Kier molecular flexibility index (Phi) is 6.71. The molecule has 10 heteroatoms. The molecule has 1 fully saturated rings. The fourth-order valence-electron chi connectivity index (χ4n) is 3.14. The molecular weight excluding hydrogens is 433 g/mol. The third-order valence-electron chi connectivity index (χ3n) is 4.79. The molecule has 0 saturated carbocycles. The Hall–Kier alpha value is -2.85. The van der Waals surface area contributed by atoms with Crippen LogP contribution in [0.4, 0.5) is 13.2 Å². The van der Waals surface area contributed by atoms with Crippen molar-refractivity contribution in [3.8, 4) is 5.75 Å². The molecule has 0 bridgehead atoms. The predicted octanol–water partition coefficient (Wildman–Crippen LogP) is 3.42. The van der Waals surface area contributed by atoms with E-state index in [2.05, 4.69) is 6.58 Å². The lowest BCUT2D eigenvalue weighted by molar-refractivity contribution is -0.137. The summed E-state index contributed by atoms with van der Waals surface area (Å²) >= 11 is 0. The number of hydrogen-bond acceptors (Lipinski definition) is 4. The van der Waals surface area contributed by atoms with Crippen molar-refractivity contribution in [2.45, 2.75) is 11.1 Å². The van der Waals surface area contributed by atoms with Crippen LogP contribution >= 0.6 is 0 Å². The van der Waals surface area contributed by atoms with Gasteiger partial charge in [-0.15, -0.1) is 0 Å². The van der Waals surface area contributed by atoms with E-state index in [9.17, 15) is 26.4 Å². The first-order chi connectivity index (χ1) is 14.6. The topological polar surface area (TPSA) is 66.9 Å². The lowest BCUT2D eigenvalue weighted by atomic mass is 10.2. The van der Waals surface area contributed by atoms with Crippen LogP contribution in [0.2, 0.25) is 0 Å². The first-order valence-corrected chi connectivity index (χ1v) is 10.9. The normalized spacial score (nSPS) is 15.5. The van der Waals surface area contributed by atoms with Gasteiger partial charge < -0.3 is 9.64 Å². The predicted molar refractivity (Wildman–Crippen MR) is 108 cm³/mol. The van der Waals surface area contributed by atoms with Crippen LogP contribution in [0.15, 0.2) is 66.1 Å². The summed E-state index contributed by atoms with van der Waals surface area (Å²) in [6, 6.07) is 10.2. The average molecular weight is 454 g/mol. The van der Waals surface area contributed by atoms with Gasteiger partial charge in [0.1, 0.15) is 12.4 Å². The molecular formula is C21H21F3N2O4S. The molecule has 2 aromatic rings. The van der Waals surface area contributed by atoms with Crippen LogP contribution in [0.5, 0.6) is 5.75 Å². The van der Waals surface area contributed by atoms with Crippen molar-refractivity contribution in [1.29, 1.82) is 0 Å². The first-order valence-electron chi connectivity index (χ1n) is 9.43. The van der Waals surface area contributed by atoms with Crippen LogP contribution in [0.1, 0.15) is 15.9 Å². The van der Waals surface area contributed by atoms with Crippen molar-refractivity contribution in [3.05, 3.63) is 72.3 Å². The number of sulfonamides is 1. The fourth-order valence-corrected chi connectivity index (χ4v) is 4.61. The number of rotatable bonds is 6. The lowest BCUT2D eigenvalue weighted by Gasteiger charge is -2.34. The van der Waals surface area contributed by atoms with Crippen molar-refractivity contribution in [3.63, 3.8) is 0 Å². The number of carbonyl (C=O) groups excluding carboxylic acids is 1. The quantitative estimate of drug-likeness (QED) is 0.628. The number of nitrogens with zero attached hydrogens (tertiary/aromatic N) is 2. The molecule has 0 aliphatic carbocycles. The zero-order valence-electron chi connectivity index (χ0n) is 16.5. The molecule has 0 atom stereocenters. The van der Waals surface area contributed by atoms with Gasteiger partial charge in [0.2, 0.25) is 10.0 Å². The molecule has 0 aromatic heterocycles. The van der Waals surface area contributed by atoms with Crippen molar-refractivity contribution < 1.29 is 31.1 Å². The average Bonchev–Trinajstić information content (AvgIpc) is 2.77. The summed E-state index contributed by atoms with van der Waals surface area (Å²) in [4.78, 5) is 13.8. The van der Waals surface area contributed by atoms with Gasteiger partial charge in [0.15, 0.2) is 0 Å². The largest absolute Gasteiger partial charge is 0.490 e. The number of benzene rings is 2. The molecule has 0 spiro atoms. The second-order valence-corrected chi connectivity index (χ2v) is 8.78. The van der Waals surface area contributed by atoms with E-state index in [1.807, 2.05) is 0 Å². The minimum Gasteiger partial charge on any atom is -0.490 e. The molecule has 2 aromatic carbocycles. The van der Waals surface area contributed by atoms with Crippen LogP contribution in [0.3, 0.4) is 0 Å².